The third-order valence-corrected chi connectivity index (χ3v) is 8.42. The molecule has 0 unspecified atom stereocenters. The topological polar surface area (TPSA) is 69.9 Å². The van der Waals surface area contributed by atoms with Gasteiger partial charge in [0.25, 0.3) is 5.56 Å². The van der Waals surface area contributed by atoms with Gasteiger partial charge in [0.15, 0.2) is 4.80 Å². The van der Waals surface area contributed by atoms with E-state index in [1.54, 1.807) is 29.9 Å². The number of methoxy groups -OCH3 is 1. The van der Waals surface area contributed by atoms with Gasteiger partial charge in [-0.15, -0.1) is 11.3 Å². The van der Waals surface area contributed by atoms with Crippen LogP contribution in [0.2, 0.25) is 0 Å². The van der Waals surface area contributed by atoms with Gasteiger partial charge in [0, 0.05) is 4.88 Å². The highest BCUT2D eigenvalue weighted by molar-refractivity contribution is 9.11. The zero-order valence-electron chi connectivity index (χ0n) is 18.8. The van der Waals surface area contributed by atoms with Crippen molar-refractivity contribution < 1.29 is 14.3 Å². The minimum Gasteiger partial charge on any atom is -0.496 e. The molecule has 3 heterocycles. The van der Waals surface area contributed by atoms with Crippen LogP contribution in [0.5, 0.6) is 5.75 Å². The van der Waals surface area contributed by atoms with Crippen LogP contribution in [0.25, 0.3) is 6.08 Å². The van der Waals surface area contributed by atoms with Gasteiger partial charge in [-0.05, 0) is 81.1 Å². The molecule has 0 radical (unpaired) electrons. The van der Waals surface area contributed by atoms with E-state index in [0.717, 1.165) is 25.1 Å². The number of fused-ring (bicyclic) bond motifs is 1. The largest absolute Gasteiger partial charge is 0.496 e. The Balaban J connectivity index is 2.00. The van der Waals surface area contributed by atoms with Crippen LogP contribution in [0.1, 0.15) is 43.2 Å². The summed E-state index contributed by atoms with van der Waals surface area (Å²) in [4.78, 5) is 33.2. The minimum absolute atomic E-state index is 0.192. The zero-order valence-corrected chi connectivity index (χ0v) is 23.6. The number of benzene rings is 1. The summed E-state index contributed by atoms with van der Waals surface area (Å²) in [5.74, 6) is 0.206. The van der Waals surface area contributed by atoms with Crippen LogP contribution in [0.4, 0.5) is 0 Å². The van der Waals surface area contributed by atoms with E-state index in [4.69, 9.17) is 14.5 Å². The number of allylic oxidation sites excluding steroid dienone is 1. The molecule has 0 N–H and O–H groups in total. The van der Waals surface area contributed by atoms with E-state index in [9.17, 15) is 9.59 Å². The Morgan fingerprint density at radius 2 is 2.00 bits per heavy atom. The lowest BCUT2D eigenvalue weighted by Gasteiger charge is -2.26. The Kier molecular flexibility index (Phi) is 7.91. The number of halogens is 2. The number of thiophene rings is 1. The zero-order chi connectivity index (χ0) is 24.4. The number of aromatic nitrogens is 1. The molecule has 1 atom stereocenters. The van der Waals surface area contributed by atoms with Crippen molar-refractivity contribution in [3.8, 4) is 5.75 Å². The molecule has 0 amide bonds. The van der Waals surface area contributed by atoms with Crippen molar-refractivity contribution in [3.05, 3.63) is 80.0 Å². The monoisotopic (exact) mass is 624 g/mol. The number of esters is 1. The first-order valence-corrected chi connectivity index (χ1v) is 13.9. The SMILES string of the molecule is CCCC1=C(C(=O)OCC)[C@@H](c2ccc(OC)c(Br)c2)n2c(s/c(=C/c3ccc(Br)s3)c2=O)=N1. The Labute approximate surface area is 221 Å². The van der Waals surface area contributed by atoms with Gasteiger partial charge in [-0.2, -0.15) is 0 Å². The summed E-state index contributed by atoms with van der Waals surface area (Å²) in [5.41, 5.74) is 1.64. The molecular formula is C24H22Br2N2O4S2. The summed E-state index contributed by atoms with van der Waals surface area (Å²) in [6.45, 7) is 4.04. The van der Waals surface area contributed by atoms with E-state index in [0.29, 0.717) is 32.8 Å². The van der Waals surface area contributed by atoms with Crippen LogP contribution in [0, 0.1) is 0 Å². The Hall–Kier alpha value is -2.01. The summed E-state index contributed by atoms with van der Waals surface area (Å²) >= 11 is 9.89. The summed E-state index contributed by atoms with van der Waals surface area (Å²) < 4.78 is 14.7. The molecule has 0 saturated carbocycles. The van der Waals surface area contributed by atoms with Crippen LogP contribution in [0.15, 0.2) is 59.6 Å². The predicted octanol–water partition coefficient (Wildman–Crippen LogP) is 5.17. The Morgan fingerprint density at radius 3 is 2.62 bits per heavy atom. The molecule has 0 spiro atoms. The van der Waals surface area contributed by atoms with Gasteiger partial charge in [-0.3, -0.25) is 9.36 Å². The van der Waals surface area contributed by atoms with Gasteiger partial charge in [0.05, 0.1) is 43.8 Å². The van der Waals surface area contributed by atoms with E-state index in [1.165, 1.54) is 11.3 Å². The van der Waals surface area contributed by atoms with Gasteiger partial charge >= 0.3 is 5.97 Å². The highest BCUT2D eigenvalue weighted by Gasteiger charge is 2.34. The van der Waals surface area contributed by atoms with Gasteiger partial charge in [0.2, 0.25) is 0 Å². The standard InChI is InChI=1S/C24H22Br2N2O4S2/c1-4-6-16-20(23(30)32-5-2)21(13-7-9-17(31-3)15(25)11-13)28-22(29)18(34-24(28)27-16)12-14-8-10-19(26)33-14/h7-12,21H,4-6H2,1-3H3/b18-12+/t21-/m1/s1. The molecule has 3 aromatic rings. The molecule has 4 rings (SSSR count). The maximum atomic E-state index is 13.7. The summed E-state index contributed by atoms with van der Waals surface area (Å²) in [5, 5.41) is 0. The van der Waals surface area contributed by atoms with Crippen LogP contribution >= 0.6 is 54.5 Å². The van der Waals surface area contributed by atoms with Crippen molar-refractivity contribution in [2.24, 2.45) is 4.99 Å². The summed E-state index contributed by atoms with van der Waals surface area (Å²) in [6.07, 6.45) is 3.28. The predicted molar refractivity (Wildman–Crippen MR) is 142 cm³/mol. The molecule has 0 bridgehead atoms. The van der Waals surface area contributed by atoms with E-state index < -0.39 is 12.0 Å². The van der Waals surface area contributed by atoms with Crippen molar-refractivity contribution >= 4 is 66.6 Å². The van der Waals surface area contributed by atoms with Gasteiger partial charge in [-0.25, -0.2) is 9.79 Å². The maximum absolute atomic E-state index is 13.7. The fourth-order valence-corrected chi connectivity index (χ4v) is 6.83. The van der Waals surface area contributed by atoms with Gasteiger partial charge in [-0.1, -0.05) is 30.7 Å². The number of hydrogen-bond acceptors (Lipinski definition) is 7. The van der Waals surface area contributed by atoms with Crippen molar-refractivity contribution in [3.63, 3.8) is 0 Å². The van der Waals surface area contributed by atoms with Crippen molar-refractivity contribution in [2.45, 2.75) is 32.7 Å². The normalized spacial score (nSPS) is 15.8. The van der Waals surface area contributed by atoms with Crippen molar-refractivity contribution in [2.75, 3.05) is 13.7 Å². The number of rotatable bonds is 7. The number of hydrogen-bond donors (Lipinski definition) is 0. The second-order valence-electron chi connectivity index (χ2n) is 7.45. The average Bonchev–Trinajstić information content (AvgIpc) is 3.35. The second-order valence-corrected chi connectivity index (χ2v) is 11.8. The summed E-state index contributed by atoms with van der Waals surface area (Å²) in [7, 11) is 1.59. The van der Waals surface area contributed by atoms with E-state index in [1.807, 2.05) is 43.3 Å². The molecule has 1 aliphatic rings. The molecule has 0 saturated heterocycles. The molecule has 1 aliphatic heterocycles. The number of thiazole rings is 1. The average molecular weight is 626 g/mol. The first-order chi connectivity index (χ1) is 16.4. The minimum atomic E-state index is -0.656. The molecule has 178 valence electrons. The van der Waals surface area contributed by atoms with Gasteiger partial charge in [0.1, 0.15) is 5.75 Å². The first kappa shape index (κ1) is 25.1. The number of carbonyl (C=O) groups is 1. The quantitative estimate of drug-likeness (QED) is 0.340. The lowest BCUT2D eigenvalue weighted by Crippen LogP contribution is -2.40. The van der Waals surface area contributed by atoms with Crippen LogP contribution in [0.3, 0.4) is 0 Å². The lowest BCUT2D eigenvalue weighted by molar-refractivity contribution is -0.139. The molecule has 2 aromatic heterocycles. The third-order valence-electron chi connectivity index (χ3n) is 5.25. The maximum Gasteiger partial charge on any atom is 0.338 e. The van der Waals surface area contributed by atoms with Crippen LogP contribution in [-0.4, -0.2) is 24.3 Å². The van der Waals surface area contributed by atoms with E-state index in [2.05, 4.69) is 31.9 Å². The molecule has 1 aromatic carbocycles. The highest BCUT2D eigenvalue weighted by atomic mass is 79.9. The molecular weight excluding hydrogens is 604 g/mol. The smallest absolute Gasteiger partial charge is 0.338 e. The third kappa shape index (κ3) is 4.86. The molecule has 6 nitrogen and oxygen atoms in total. The van der Waals surface area contributed by atoms with Crippen LogP contribution < -0.4 is 19.6 Å². The Morgan fingerprint density at radius 1 is 1.21 bits per heavy atom. The Bertz CT molecular complexity index is 1450. The van der Waals surface area contributed by atoms with Crippen molar-refractivity contribution in [1.29, 1.82) is 0 Å². The second kappa shape index (κ2) is 10.7. The van der Waals surface area contributed by atoms with Gasteiger partial charge < -0.3 is 9.47 Å². The van der Waals surface area contributed by atoms with Crippen LogP contribution in [-0.2, 0) is 9.53 Å². The number of carbonyl (C=O) groups excluding carboxylic acids is 1. The molecule has 0 aliphatic carbocycles. The fourth-order valence-electron chi connectivity index (χ4n) is 3.82. The summed E-state index contributed by atoms with van der Waals surface area (Å²) in [6, 6.07) is 8.82. The first-order valence-electron chi connectivity index (χ1n) is 10.7. The molecule has 0 fully saturated rings. The lowest BCUT2D eigenvalue weighted by atomic mass is 9.94. The van der Waals surface area contributed by atoms with E-state index >= 15 is 0 Å². The number of ether oxygens (including phenoxy) is 2. The fraction of sp³-hybridized carbons (Fsp3) is 0.292. The van der Waals surface area contributed by atoms with Crippen molar-refractivity contribution in [1.82, 2.24) is 4.57 Å². The molecule has 34 heavy (non-hydrogen) atoms. The highest BCUT2D eigenvalue weighted by Crippen LogP contribution is 2.36. The van der Waals surface area contributed by atoms with E-state index in [-0.39, 0.29) is 12.2 Å². The molecule has 10 heteroatoms. The number of nitrogens with zero attached hydrogens (tertiary/aromatic N) is 2.